The number of amides is 2. The van der Waals surface area contributed by atoms with E-state index in [0.29, 0.717) is 12.5 Å². The molecule has 2 aliphatic heterocycles. The van der Waals surface area contributed by atoms with Gasteiger partial charge in [-0.05, 0) is 25.2 Å². The van der Waals surface area contributed by atoms with Crippen LogP contribution >= 0.6 is 0 Å². The van der Waals surface area contributed by atoms with Crippen LogP contribution in [0.25, 0.3) is 0 Å². The van der Waals surface area contributed by atoms with Crippen molar-refractivity contribution in [1.29, 1.82) is 0 Å². The fraction of sp³-hybridized carbons (Fsp3) is 0.800. The molecule has 2 rings (SSSR count). The number of carboxylic acids is 1. The summed E-state index contributed by atoms with van der Waals surface area (Å²) < 4.78 is 0. The zero-order valence-corrected chi connectivity index (χ0v) is 12.6. The Balaban J connectivity index is 2.03. The number of likely N-dealkylation sites (tertiary alicyclic amines) is 2. The number of piperidine rings is 1. The number of carboxylic acid groups (broad SMARTS) is 1. The summed E-state index contributed by atoms with van der Waals surface area (Å²) in [6.07, 6.45) is 3.85. The first-order valence-electron chi connectivity index (χ1n) is 7.76. The minimum Gasteiger partial charge on any atom is -0.481 e. The minimum atomic E-state index is -0.930. The van der Waals surface area contributed by atoms with E-state index in [9.17, 15) is 14.4 Å². The normalized spacial score (nSPS) is 26.0. The second-order valence-electron chi connectivity index (χ2n) is 6.06. The molecule has 2 heterocycles. The number of hydrogen-bond acceptors (Lipinski definition) is 3. The Morgan fingerprint density at radius 3 is 2.52 bits per heavy atom. The molecule has 0 radical (unpaired) electrons. The van der Waals surface area contributed by atoms with Gasteiger partial charge in [0, 0.05) is 39.0 Å². The minimum absolute atomic E-state index is 0.0504. The SMILES string of the molecule is CC(=O)N1CC[C@@H]2[C@H](CCCCN2C(=O)CCC(=O)O)C1. The Morgan fingerprint density at radius 1 is 1.10 bits per heavy atom. The van der Waals surface area contributed by atoms with E-state index in [4.69, 9.17) is 5.11 Å². The Hall–Kier alpha value is -1.59. The second-order valence-corrected chi connectivity index (χ2v) is 6.06. The Bertz CT molecular complexity index is 424. The number of rotatable bonds is 3. The van der Waals surface area contributed by atoms with Crippen molar-refractivity contribution in [3.63, 3.8) is 0 Å². The second kappa shape index (κ2) is 6.91. The topological polar surface area (TPSA) is 77.9 Å². The lowest BCUT2D eigenvalue weighted by Gasteiger charge is -2.42. The highest BCUT2D eigenvalue weighted by molar-refractivity contribution is 5.81. The van der Waals surface area contributed by atoms with Crippen LogP contribution in [0.3, 0.4) is 0 Å². The fourth-order valence-electron chi connectivity index (χ4n) is 3.52. The molecule has 21 heavy (non-hydrogen) atoms. The van der Waals surface area contributed by atoms with Gasteiger partial charge < -0.3 is 14.9 Å². The van der Waals surface area contributed by atoms with Gasteiger partial charge in [0.15, 0.2) is 0 Å². The van der Waals surface area contributed by atoms with Crippen molar-refractivity contribution in [3.05, 3.63) is 0 Å². The maximum Gasteiger partial charge on any atom is 0.303 e. The molecule has 1 N–H and O–H groups in total. The van der Waals surface area contributed by atoms with Crippen LogP contribution in [0, 0.1) is 5.92 Å². The van der Waals surface area contributed by atoms with Crippen molar-refractivity contribution in [2.75, 3.05) is 19.6 Å². The van der Waals surface area contributed by atoms with Crippen molar-refractivity contribution in [3.8, 4) is 0 Å². The van der Waals surface area contributed by atoms with Crippen molar-refractivity contribution >= 4 is 17.8 Å². The van der Waals surface area contributed by atoms with Crippen LogP contribution < -0.4 is 0 Å². The van der Waals surface area contributed by atoms with E-state index in [1.54, 1.807) is 6.92 Å². The third-order valence-electron chi connectivity index (χ3n) is 4.64. The predicted octanol–water partition coefficient (Wildman–Crippen LogP) is 1.10. The molecule has 0 bridgehead atoms. The molecule has 0 aromatic heterocycles. The zero-order chi connectivity index (χ0) is 15.4. The highest BCUT2D eigenvalue weighted by atomic mass is 16.4. The summed E-state index contributed by atoms with van der Waals surface area (Å²) in [5, 5.41) is 8.73. The number of carbonyl (C=O) groups excluding carboxylic acids is 2. The summed E-state index contributed by atoms with van der Waals surface area (Å²) in [4.78, 5) is 38.2. The Morgan fingerprint density at radius 2 is 1.86 bits per heavy atom. The van der Waals surface area contributed by atoms with E-state index >= 15 is 0 Å². The number of hydrogen-bond donors (Lipinski definition) is 1. The van der Waals surface area contributed by atoms with Gasteiger partial charge in [-0.1, -0.05) is 6.42 Å². The quantitative estimate of drug-likeness (QED) is 0.846. The average Bonchev–Trinajstić information content (AvgIpc) is 2.66. The van der Waals surface area contributed by atoms with Crippen molar-refractivity contribution in [1.82, 2.24) is 9.80 Å². The standard InChI is InChI=1S/C15H24N2O4/c1-11(18)16-9-7-13-12(10-16)4-2-3-8-17(13)14(19)5-6-15(20)21/h12-13H,2-10H2,1H3,(H,20,21)/t12-,13-/m1/s1. The molecule has 0 aliphatic carbocycles. The molecule has 2 aliphatic rings. The molecule has 6 nitrogen and oxygen atoms in total. The lowest BCUT2D eigenvalue weighted by Crippen LogP contribution is -2.53. The van der Waals surface area contributed by atoms with E-state index in [1.807, 2.05) is 9.80 Å². The van der Waals surface area contributed by atoms with Gasteiger partial charge in [-0.3, -0.25) is 14.4 Å². The van der Waals surface area contributed by atoms with Gasteiger partial charge in [-0.2, -0.15) is 0 Å². The maximum atomic E-state index is 12.3. The van der Waals surface area contributed by atoms with Gasteiger partial charge in [0.1, 0.15) is 0 Å². The van der Waals surface area contributed by atoms with Gasteiger partial charge in [0.05, 0.1) is 6.42 Å². The van der Waals surface area contributed by atoms with Crippen LogP contribution in [0.5, 0.6) is 0 Å². The summed E-state index contributed by atoms with van der Waals surface area (Å²) in [5.74, 6) is -0.549. The van der Waals surface area contributed by atoms with E-state index in [2.05, 4.69) is 0 Å². The molecule has 2 atom stereocenters. The zero-order valence-electron chi connectivity index (χ0n) is 12.6. The van der Waals surface area contributed by atoms with Crippen LogP contribution in [0.2, 0.25) is 0 Å². The van der Waals surface area contributed by atoms with Crippen LogP contribution in [0.15, 0.2) is 0 Å². The number of fused-ring (bicyclic) bond motifs is 1. The maximum absolute atomic E-state index is 12.3. The molecule has 6 heteroatoms. The van der Waals surface area contributed by atoms with Crippen LogP contribution in [-0.4, -0.2) is 58.4 Å². The first-order valence-corrected chi connectivity index (χ1v) is 7.76. The molecule has 0 aromatic carbocycles. The summed E-state index contributed by atoms with van der Waals surface area (Å²) >= 11 is 0. The highest BCUT2D eigenvalue weighted by Crippen LogP contribution is 2.30. The number of aliphatic carboxylic acids is 1. The monoisotopic (exact) mass is 296 g/mol. The van der Waals surface area contributed by atoms with Gasteiger partial charge in [-0.25, -0.2) is 0 Å². The fourth-order valence-corrected chi connectivity index (χ4v) is 3.52. The van der Waals surface area contributed by atoms with Crippen LogP contribution in [-0.2, 0) is 14.4 Å². The molecular formula is C15H24N2O4. The Labute approximate surface area is 125 Å². The summed E-state index contributed by atoms with van der Waals surface area (Å²) in [7, 11) is 0. The van der Waals surface area contributed by atoms with Crippen LogP contribution in [0.4, 0.5) is 0 Å². The lowest BCUT2D eigenvalue weighted by molar-refractivity contribution is -0.143. The largest absolute Gasteiger partial charge is 0.481 e. The van der Waals surface area contributed by atoms with Crippen molar-refractivity contribution in [2.45, 2.75) is 51.5 Å². The van der Waals surface area contributed by atoms with E-state index < -0.39 is 5.97 Å². The molecule has 118 valence electrons. The number of carbonyl (C=O) groups is 3. The van der Waals surface area contributed by atoms with Crippen molar-refractivity contribution in [2.24, 2.45) is 5.92 Å². The lowest BCUT2D eigenvalue weighted by atomic mass is 9.88. The molecule has 0 spiro atoms. The molecule has 0 saturated carbocycles. The van der Waals surface area contributed by atoms with Crippen molar-refractivity contribution < 1.29 is 19.5 Å². The Kier molecular flexibility index (Phi) is 5.20. The molecule has 2 amide bonds. The highest BCUT2D eigenvalue weighted by Gasteiger charge is 2.37. The first kappa shape index (κ1) is 15.8. The van der Waals surface area contributed by atoms with Gasteiger partial charge in [-0.15, -0.1) is 0 Å². The smallest absolute Gasteiger partial charge is 0.303 e. The van der Waals surface area contributed by atoms with E-state index in [-0.39, 0.29) is 30.7 Å². The van der Waals surface area contributed by atoms with Gasteiger partial charge >= 0.3 is 5.97 Å². The van der Waals surface area contributed by atoms with Gasteiger partial charge in [0.25, 0.3) is 0 Å². The van der Waals surface area contributed by atoms with Gasteiger partial charge in [0.2, 0.25) is 11.8 Å². The third-order valence-corrected chi connectivity index (χ3v) is 4.64. The van der Waals surface area contributed by atoms with E-state index in [0.717, 1.165) is 38.8 Å². The third kappa shape index (κ3) is 3.95. The molecule has 0 unspecified atom stereocenters. The summed E-state index contributed by atoms with van der Waals surface area (Å²) in [6, 6.07) is 0.171. The summed E-state index contributed by atoms with van der Waals surface area (Å²) in [5.41, 5.74) is 0. The molecule has 2 saturated heterocycles. The predicted molar refractivity (Wildman–Crippen MR) is 76.6 cm³/mol. The van der Waals surface area contributed by atoms with Crippen LogP contribution in [0.1, 0.15) is 45.4 Å². The summed E-state index contributed by atoms with van der Waals surface area (Å²) in [6.45, 7) is 3.73. The number of nitrogens with zero attached hydrogens (tertiary/aromatic N) is 2. The molecular weight excluding hydrogens is 272 g/mol. The molecule has 0 aromatic rings. The first-order chi connectivity index (χ1) is 9.99. The average molecular weight is 296 g/mol. The molecule has 2 fully saturated rings. The van der Waals surface area contributed by atoms with E-state index in [1.165, 1.54) is 0 Å².